The molecule has 4 unspecified atom stereocenters. The van der Waals surface area contributed by atoms with E-state index in [2.05, 4.69) is 21.2 Å². The number of rotatable bonds is 6. The summed E-state index contributed by atoms with van der Waals surface area (Å²) in [6.45, 7) is 2.95. The van der Waals surface area contributed by atoms with E-state index in [1.165, 1.54) is 6.07 Å². The molecule has 4 atom stereocenters. The number of aliphatic hydroxyl groups is 1. The number of carbonyl (C=O) groups excluding carboxylic acids is 2. The van der Waals surface area contributed by atoms with Crippen molar-refractivity contribution in [3.63, 3.8) is 0 Å². The number of hydrogen-bond donors (Lipinski definition) is 4. The average molecular weight is 517 g/mol. The monoisotopic (exact) mass is 516 g/mol. The van der Waals surface area contributed by atoms with E-state index in [0.717, 1.165) is 16.0 Å². The lowest BCUT2D eigenvalue weighted by Crippen LogP contribution is -2.58. The minimum absolute atomic E-state index is 0.143. The highest BCUT2D eigenvalue weighted by Gasteiger charge is 2.69. The molecule has 2 saturated heterocycles. The number of carboxylic acid groups (broad SMARTS) is 1. The Labute approximate surface area is 199 Å². The number of fused-ring (bicyclic) bond motifs is 1. The maximum atomic E-state index is 13.8. The minimum Gasteiger partial charge on any atom is -0.508 e. The van der Waals surface area contributed by atoms with Gasteiger partial charge in [-0.1, -0.05) is 48.0 Å². The molecule has 2 aromatic rings. The maximum Gasteiger partial charge on any atom is 0.327 e. The highest BCUT2D eigenvalue weighted by molar-refractivity contribution is 9.10. The van der Waals surface area contributed by atoms with Gasteiger partial charge in [0.25, 0.3) is 0 Å². The first-order valence-electron chi connectivity index (χ1n) is 10.8. The van der Waals surface area contributed by atoms with Crippen molar-refractivity contribution in [1.82, 2.24) is 5.32 Å². The van der Waals surface area contributed by atoms with Gasteiger partial charge in [0.2, 0.25) is 11.8 Å². The Morgan fingerprint density at radius 1 is 1.12 bits per heavy atom. The predicted octanol–water partition coefficient (Wildman–Crippen LogP) is 2.55. The number of halogens is 1. The molecule has 174 valence electrons. The quantitative estimate of drug-likeness (QED) is 0.434. The van der Waals surface area contributed by atoms with Crippen molar-refractivity contribution in [2.75, 3.05) is 11.5 Å². The van der Waals surface area contributed by atoms with Crippen molar-refractivity contribution >= 4 is 39.4 Å². The van der Waals surface area contributed by atoms with Gasteiger partial charge in [-0.15, -0.1) is 0 Å². The van der Waals surface area contributed by atoms with E-state index < -0.39 is 47.8 Å². The lowest BCUT2D eigenvalue weighted by Gasteiger charge is -2.30. The highest BCUT2D eigenvalue weighted by atomic mass is 79.9. The van der Waals surface area contributed by atoms with E-state index >= 15 is 0 Å². The van der Waals surface area contributed by atoms with Crippen LogP contribution in [0, 0.1) is 11.8 Å². The molecule has 2 amide bonds. The Kier molecular flexibility index (Phi) is 6.07. The number of aryl methyl sites for hydroxylation is 2. The van der Waals surface area contributed by atoms with Gasteiger partial charge in [0.05, 0.1) is 24.1 Å². The van der Waals surface area contributed by atoms with E-state index in [1.807, 2.05) is 32.0 Å². The first-order valence-corrected chi connectivity index (χ1v) is 11.6. The molecule has 2 heterocycles. The Morgan fingerprint density at radius 2 is 1.76 bits per heavy atom. The number of hydrogen-bond acceptors (Lipinski definition) is 6. The smallest absolute Gasteiger partial charge is 0.327 e. The topological polar surface area (TPSA) is 127 Å². The molecular formula is C24H25BrN2O6. The second-order valence-electron chi connectivity index (χ2n) is 8.41. The van der Waals surface area contributed by atoms with E-state index in [4.69, 9.17) is 0 Å². The number of aliphatic carboxylic acids is 1. The SMILES string of the molecule is CCc1cccc(CC)c1N1C(=O)C2C(c3cc(Br)ccc3O)NC(CO)(C(=O)O)C2C1=O. The molecule has 4 rings (SSSR count). The third-order valence-corrected chi connectivity index (χ3v) is 7.29. The fraction of sp³-hybridized carbons (Fsp3) is 0.375. The second-order valence-corrected chi connectivity index (χ2v) is 9.32. The number of amides is 2. The molecule has 0 bridgehead atoms. The zero-order valence-electron chi connectivity index (χ0n) is 18.2. The summed E-state index contributed by atoms with van der Waals surface area (Å²) in [6.07, 6.45) is 1.15. The van der Waals surface area contributed by atoms with Crippen molar-refractivity contribution in [3.05, 3.63) is 57.6 Å². The summed E-state index contributed by atoms with van der Waals surface area (Å²) < 4.78 is 0.615. The molecule has 2 aliphatic heterocycles. The van der Waals surface area contributed by atoms with Crippen LogP contribution in [0.4, 0.5) is 5.69 Å². The molecule has 2 aromatic carbocycles. The normalized spacial score (nSPS) is 26.7. The van der Waals surface area contributed by atoms with Gasteiger partial charge >= 0.3 is 5.97 Å². The van der Waals surface area contributed by atoms with Crippen LogP contribution in [0.25, 0.3) is 0 Å². The predicted molar refractivity (Wildman–Crippen MR) is 124 cm³/mol. The number of nitrogens with zero attached hydrogens (tertiary/aromatic N) is 1. The first kappa shape index (κ1) is 23.4. The number of carbonyl (C=O) groups is 3. The van der Waals surface area contributed by atoms with Gasteiger partial charge in [-0.05, 0) is 42.2 Å². The molecule has 2 fully saturated rings. The minimum atomic E-state index is -2.07. The number of phenols is 1. The summed E-state index contributed by atoms with van der Waals surface area (Å²) in [6, 6.07) is 9.18. The summed E-state index contributed by atoms with van der Waals surface area (Å²) in [4.78, 5) is 41.1. The van der Waals surface area contributed by atoms with Crippen LogP contribution in [-0.4, -0.2) is 45.2 Å². The van der Waals surface area contributed by atoms with E-state index in [9.17, 15) is 29.7 Å². The molecular weight excluding hydrogens is 492 g/mol. The summed E-state index contributed by atoms with van der Waals surface area (Å²) in [5, 5.41) is 33.6. The van der Waals surface area contributed by atoms with Crippen LogP contribution in [0.3, 0.4) is 0 Å². The number of carboxylic acids is 1. The third-order valence-electron chi connectivity index (χ3n) is 6.80. The Balaban J connectivity index is 1.93. The van der Waals surface area contributed by atoms with Crippen molar-refractivity contribution in [3.8, 4) is 5.75 Å². The van der Waals surface area contributed by atoms with Gasteiger partial charge in [0, 0.05) is 16.1 Å². The zero-order chi connectivity index (χ0) is 24.1. The molecule has 2 aliphatic rings. The van der Waals surface area contributed by atoms with Crippen molar-refractivity contribution < 1.29 is 29.7 Å². The number of aliphatic hydroxyl groups excluding tert-OH is 1. The van der Waals surface area contributed by atoms with Gasteiger partial charge in [-0.2, -0.15) is 0 Å². The number of imide groups is 1. The standard InChI is InChI=1S/C24H25BrN2O6/c1-3-12-6-5-7-13(4-2)20(12)27-21(30)17-18(22(27)31)24(11-28,23(32)33)26-19(17)15-10-14(25)8-9-16(15)29/h5-10,17-19,26,28-29H,3-4,11H2,1-2H3,(H,32,33). The number of benzene rings is 2. The number of anilines is 1. The lowest BCUT2D eigenvalue weighted by molar-refractivity contribution is -0.150. The summed E-state index contributed by atoms with van der Waals surface area (Å²) in [5.41, 5.74) is 0.297. The van der Waals surface area contributed by atoms with Crippen molar-refractivity contribution in [2.24, 2.45) is 11.8 Å². The van der Waals surface area contributed by atoms with Crippen LogP contribution in [0.5, 0.6) is 5.75 Å². The van der Waals surface area contributed by atoms with E-state index in [0.29, 0.717) is 23.0 Å². The zero-order valence-corrected chi connectivity index (χ0v) is 19.8. The van der Waals surface area contributed by atoms with Crippen LogP contribution in [0.15, 0.2) is 40.9 Å². The molecule has 0 aliphatic carbocycles. The van der Waals surface area contributed by atoms with Crippen molar-refractivity contribution in [1.29, 1.82) is 0 Å². The van der Waals surface area contributed by atoms with Gasteiger partial charge in [-0.25, -0.2) is 4.90 Å². The number of nitrogens with one attached hydrogen (secondary N) is 1. The van der Waals surface area contributed by atoms with Crippen LogP contribution in [-0.2, 0) is 27.2 Å². The fourth-order valence-corrected chi connectivity index (χ4v) is 5.56. The van der Waals surface area contributed by atoms with Gasteiger partial charge < -0.3 is 15.3 Å². The molecule has 9 heteroatoms. The first-order chi connectivity index (χ1) is 15.7. The Hall–Kier alpha value is -2.75. The fourth-order valence-electron chi connectivity index (χ4n) is 5.18. The number of phenolic OH excluding ortho intramolecular Hbond substituents is 1. The highest BCUT2D eigenvalue weighted by Crippen LogP contribution is 2.52. The second kappa shape index (κ2) is 8.55. The third kappa shape index (κ3) is 3.37. The summed E-state index contributed by atoms with van der Waals surface area (Å²) >= 11 is 3.34. The molecule has 33 heavy (non-hydrogen) atoms. The molecule has 0 aromatic heterocycles. The Bertz CT molecular complexity index is 1130. The number of aromatic hydroxyl groups is 1. The van der Waals surface area contributed by atoms with Gasteiger partial charge in [-0.3, -0.25) is 19.7 Å². The van der Waals surface area contributed by atoms with Crippen LogP contribution in [0.1, 0.15) is 36.6 Å². The average Bonchev–Trinajstić information content (AvgIpc) is 3.29. The van der Waals surface area contributed by atoms with Gasteiger partial charge in [0.15, 0.2) is 5.54 Å². The lowest BCUT2D eigenvalue weighted by atomic mass is 9.79. The van der Waals surface area contributed by atoms with E-state index in [1.54, 1.807) is 12.1 Å². The molecule has 4 N–H and O–H groups in total. The summed E-state index contributed by atoms with van der Waals surface area (Å²) in [7, 11) is 0. The van der Waals surface area contributed by atoms with Crippen LogP contribution < -0.4 is 10.2 Å². The summed E-state index contributed by atoms with van der Waals surface area (Å²) in [5.74, 6) is -5.24. The largest absolute Gasteiger partial charge is 0.508 e. The molecule has 0 spiro atoms. The number of para-hydroxylation sites is 1. The molecule has 8 nitrogen and oxygen atoms in total. The van der Waals surface area contributed by atoms with Gasteiger partial charge in [0.1, 0.15) is 5.75 Å². The molecule has 0 radical (unpaired) electrons. The maximum absolute atomic E-state index is 13.8. The van der Waals surface area contributed by atoms with Crippen LogP contribution in [0.2, 0.25) is 0 Å². The Morgan fingerprint density at radius 3 is 2.30 bits per heavy atom. The van der Waals surface area contributed by atoms with Crippen molar-refractivity contribution in [2.45, 2.75) is 38.3 Å². The molecule has 0 saturated carbocycles. The van der Waals surface area contributed by atoms with Crippen LogP contribution >= 0.6 is 15.9 Å². The van der Waals surface area contributed by atoms with E-state index in [-0.39, 0.29) is 11.3 Å².